The smallest absolute Gasteiger partial charge is 0.263 e. The molecule has 2 aromatic heterocycles. The molecule has 0 aromatic carbocycles. The average molecular weight is 293 g/mol. The van der Waals surface area contributed by atoms with Gasteiger partial charge in [-0.3, -0.25) is 4.79 Å². The van der Waals surface area contributed by atoms with Crippen LogP contribution in [0.3, 0.4) is 0 Å². The van der Waals surface area contributed by atoms with Crippen molar-refractivity contribution in [3.8, 4) is 0 Å². The molecule has 0 aliphatic carbocycles. The van der Waals surface area contributed by atoms with E-state index in [1.165, 1.54) is 11.3 Å². The Bertz CT molecular complexity index is 549. The number of hydrogen-bond donors (Lipinski definition) is 3. The number of thiophene rings is 1. The van der Waals surface area contributed by atoms with Crippen LogP contribution in [0.1, 0.15) is 23.0 Å². The summed E-state index contributed by atoms with van der Waals surface area (Å²) in [6, 6.07) is 1.81. The molecule has 0 atom stereocenters. The first-order valence-corrected chi connectivity index (χ1v) is 7.39. The Labute approximate surface area is 122 Å². The molecule has 7 heteroatoms. The highest BCUT2D eigenvalue weighted by Crippen LogP contribution is 2.28. The van der Waals surface area contributed by atoms with Gasteiger partial charge in [0.25, 0.3) is 5.91 Å². The molecule has 0 fully saturated rings. The van der Waals surface area contributed by atoms with Crippen molar-refractivity contribution in [2.45, 2.75) is 19.9 Å². The lowest BCUT2D eigenvalue weighted by molar-refractivity contribution is 0.0960. The summed E-state index contributed by atoms with van der Waals surface area (Å²) in [5, 5.41) is 6.97. The summed E-state index contributed by atoms with van der Waals surface area (Å²) < 4.78 is 2.03. The molecule has 0 radical (unpaired) electrons. The molecule has 0 spiro atoms. The van der Waals surface area contributed by atoms with Crippen molar-refractivity contribution in [2.24, 2.45) is 0 Å². The minimum absolute atomic E-state index is 0.110. The summed E-state index contributed by atoms with van der Waals surface area (Å²) >= 11 is 1.39. The van der Waals surface area contributed by atoms with Gasteiger partial charge in [-0.1, -0.05) is 0 Å². The predicted molar refractivity (Wildman–Crippen MR) is 82.1 cm³/mol. The molecule has 108 valence electrons. The Morgan fingerprint density at radius 3 is 3.10 bits per heavy atom. The molecule has 0 aliphatic rings. The van der Waals surface area contributed by atoms with E-state index in [1.54, 1.807) is 12.5 Å². The number of rotatable bonds is 7. The minimum Gasteiger partial charge on any atom is -0.397 e. The molecule has 0 saturated carbocycles. The molecule has 0 aliphatic heterocycles. The Kier molecular flexibility index (Phi) is 5.00. The van der Waals surface area contributed by atoms with Gasteiger partial charge in [-0.2, -0.15) is 0 Å². The molecule has 1 amide bonds. The second-order valence-corrected chi connectivity index (χ2v) is 5.39. The van der Waals surface area contributed by atoms with Crippen LogP contribution in [0.5, 0.6) is 0 Å². The van der Waals surface area contributed by atoms with Crippen LogP contribution < -0.4 is 16.4 Å². The Balaban J connectivity index is 1.81. The highest BCUT2D eigenvalue weighted by atomic mass is 32.1. The van der Waals surface area contributed by atoms with Crippen molar-refractivity contribution in [3.05, 3.63) is 29.7 Å². The summed E-state index contributed by atoms with van der Waals surface area (Å²) in [6.07, 6.45) is 6.49. The fourth-order valence-electron chi connectivity index (χ4n) is 1.80. The molecular formula is C13H19N5OS. The minimum atomic E-state index is -0.110. The maximum atomic E-state index is 11.7. The van der Waals surface area contributed by atoms with Crippen LogP contribution in [0.25, 0.3) is 0 Å². The standard InChI is InChI=1S/C13H19N5OS/c1-2-16-13(19)12-10(14)8-11(20-12)17-4-3-6-18-7-5-15-9-18/h5,7-9,17H,2-4,6,14H2,1H3,(H,16,19). The molecule has 0 unspecified atom stereocenters. The van der Waals surface area contributed by atoms with E-state index in [-0.39, 0.29) is 5.91 Å². The Morgan fingerprint density at radius 2 is 2.40 bits per heavy atom. The zero-order valence-corrected chi connectivity index (χ0v) is 12.2. The molecule has 6 nitrogen and oxygen atoms in total. The maximum absolute atomic E-state index is 11.7. The van der Waals surface area contributed by atoms with E-state index >= 15 is 0 Å². The summed E-state index contributed by atoms with van der Waals surface area (Å²) in [5.74, 6) is -0.110. The molecule has 2 rings (SSSR count). The molecule has 20 heavy (non-hydrogen) atoms. The van der Waals surface area contributed by atoms with Gasteiger partial charge in [0.1, 0.15) is 4.88 Å². The second-order valence-electron chi connectivity index (χ2n) is 4.34. The lowest BCUT2D eigenvalue weighted by Crippen LogP contribution is -2.22. The van der Waals surface area contributed by atoms with Gasteiger partial charge in [-0.15, -0.1) is 11.3 Å². The van der Waals surface area contributed by atoms with Crippen LogP contribution >= 0.6 is 11.3 Å². The summed E-state index contributed by atoms with van der Waals surface area (Å²) in [7, 11) is 0. The number of nitrogen functional groups attached to an aromatic ring is 1. The first-order chi connectivity index (χ1) is 9.70. The van der Waals surface area contributed by atoms with Gasteiger partial charge >= 0.3 is 0 Å². The van der Waals surface area contributed by atoms with Crippen LogP contribution in [-0.4, -0.2) is 28.5 Å². The molecule has 2 aromatic rings. The van der Waals surface area contributed by atoms with Gasteiger partial charge in [0.05, 0.1) is 17.0 Å². The number of nitrogens with one attached hydrogen (secondary N) is 2. The van der Waals surface area contributed by atoms with Crippen molar-refractivity contribution in [1.82, 2.24) is 14.9 Å². The topological polar surface area (TPSA) is 85.0 Å². The van der Waals surface area contributed by atoms with Gasteiger partial charge in [-0.05, 0) is 19.4 Å². The Hall–Kier alpha value is -2.02. The molecule has 0 bridgehead atoms. The van der Waals surface area contributed by atoms with Gasteiger partial charge < -0.3 is 20.9 Å². The van der Waals surface area contributed by atoms with Crippen molar-refractivity contribution < 1.29 is 4.79 Å². The number of aryl methyl sites for hydroxylation is 1. The number of nitrogens with zero attached hydrogens (tertiary/aromatic N) is 2. The lowest BCUT2D eigenvalue weighted by Gasteiger charge is -2.04. The van der Waals surface area contributed by atoms with Crippen molar-refractivity contribution in [2.75, 3.05) is 24.1 Å². The highest BCUT2D eigenvalue weighted by Gasteiger charge is 2.13. The number of nitrogens with two attached hydrogens (primary N) is 1. The molecule has 4 N–H and O–H groups in total. The number of imidazole rings is 1. The number of hydrogen-bond acceptors (Lipinski definition) is 5. The number of aromatic nitrogens is 2. The van der Waals surface area contributed by atoms with Gasteiger partial charge in [0.15, 0.2) is 0 Å². The van der Waals surface area contributed by atoms with E-state index in [2.05, 4.69) is 15.6 Å². The molecule has 2 heterocycles. The van der Waals surface area contributed by atoms with Crippen LogP contribution in [0.15, 0.2) is 24.8 Å². The second kappa shape index (κ2) is 6.95. The zero-order valence-electron chi connectivity index (χ0n) is 11.4. The van der Waals surface area contributed by atoms with E-state index < -0.39 is 0 Å². The van der Waals surface area contributed by atoms with Crippen molar-refractivity contribution in [1.29, 1.82) is 0 Å². The number of amides is 1. The first-order valence-electron chi connectivity index (χ1n) is 6.57. The largest absolute Gasteiger partial charge is 0.397 e. The van der Waals surface area contributed by atoms with Gasteiger partial charge in [0, 0.05) is 32.0 Å². The highest BCUT2D eigenvalue weighted by molar-refractivity contribution is 7.18. The number of carbonyl (C=O) groups excluding carboxylic acids is 1. The maximum Gasteiger partial charge on any atom is 0.263 e. The van der Waals surface area contributed by atoms with Crippen LogP contribution in [0, 0.1) is 0 Å². The predicted octanol–water partition coefficient (Wildman–Crippen LogP) is 1.78. The third kappa shape index (κ3) is 3.74. The van der Waals surface area contributed by atoms with Crippen LogP contribution in [0.2, 0.25) is 0 Å². The average Bonchev–Trinajstić information content (AvgIpc) is 3.04. The molecular weight excluding hydrogens is 274 g/mol. The van der Waals surface area contributed by atoms with E-state index in [1.807, 2.05) is 23.8 Å². The monoisotopic (exact) mass is 293 g/mol. The lowest BCUT2D eigenvalue weighted by atomic mass is 10.3. The number of anilines is 2. The van der Waals surface area contributed by atoms with E-state index in [4.69, 9.17) is 5.73 Å². The van der Waals surface area contributed by atoms with E-state index in [0.717, 1.165) is 24.5 Å². The SMILES string of the molecule is CCNC(=O)c1sc(NCCCn2ccnc2)cc1N. The molecule has 0 saturated heterocycles. The fraction of sp³-hybridized carbons (Fsp3) is 0.385. The third-order valence-corrected chi connectivity index (χ3v) is 3.86. The summed E-state index contributed by atoms with van der Waals surface area (Å²) in [4.78, 5) is 16.3. The quantitative estimate of drug-likeness (QED) is 0.679. The Morgan fingerprint density at radius 1 is 1.55 bits per heavy atom. The zero-order chi connectivity index (χ0) is 14.4. The van der Waals surface area contributed by atoms with Gasteiger partial charge in [-0.25, -0.2) is 4.98 Å². The summed E-state index contributed by atoms with van der Waals surface area (Å²) in [5.41, 5.74) is 6.38. The van der Waals surface area contributed by atoms with Gasteiger partial charge in [0.2, 0.25) is 0 Å². The first kappa shape index (κ1) is 14.4. The normalized spacial score (nSPS) is 10.4. The summed E-state index contributed by atoms with van der Waals surface area (Å²) in [6.45, 7) is 4.23. The van der Waals surface area contributed by atoms with Crippen LogP contribution in [0.4, 0.5) is 10.7 Å². The van der Waals surface area contributed by atoms with E-state index in [0.29, 0.717) is 17.1 Å². The van der Waals surface area contributed by atoms with E-state index in [9.17, 15) is 4.79 Å². The number of carbonyl (C=O) groups is 1. The third-order valence-electron chi connectivity index (χ3n) is 2.76. The fourth-order valence-corrected chi connectivity index (χ4v) is 2.72. The van der Waals surface area contributed by atoms with Crippen molar-refractivity contribution >= 4 is 27.9 Å². The van der Waals surface area contributed by atoms with Crippen LogP contribution in [-0.2, 0) is 6.54 Å². The van der Waals surface area contributed by atoms with Crippen molar-refractivity contribution in [3.63, 3.8) is 0 Å².